The number of nitrogens with zero attached hydrogens (tertiary/aromatic N) is 2. The quantitative estimate of drug-likeness (QED) is 0.307. The number of rotatable bonds is 3. The maximum absolute atomic E-state index is 3.44. The van der Waals surface area contributed by atoms with E-state index in [0.717, 1.165) is 12.4 Å². The molecule has 1 N–H and O–H groups in total. The van der Waals surface area contributed by atoms with E-state index >= 15 is 0 Å². The molecule has 1 aliphatic heterocycles. The van der Waals surface area contributed by atoms with Crippen LogP contribution in [0.4, 0.5) is 0 Å². The minimum absolute atomic E-state index is 0.864. The Balaban J connectivity index is 1.24. The van der Waals surface area contributed by atoms with Crippen molar-refractivity contribution in [1.29, 1.82) is 0 Å². The molecule has 3 heterocycles. The van der Waals surface area contributed by atoms with Crippen LogP contribution in [0.15, 0.2) is 122 Å². The number of fused-ring (bicyclic) bond motifs is 4. The molecule has 162 valence electrons. The van der Waals surface area contributed by atoms with Crippen molar-refractivity contribution in [2.24, 2.45) is 0 Å². The molecule has 4 aromatic carbocycles. The summed E-state index contributed by atoms with van der Waals surface area (Å²) in [5.74, 6) is 1.11. The average Bonchev–Trinajstić information content (AvgIpc) is 3.54. The normalized spacial score (nSPS) is 13.5. The molecule has 0 saturated carbocycles. The van der Waals surface area contributed by atoms with Gasteiger partial charge in [-0.15, -0.1) is 0 Å². The molecular weight excluding hydrogens is 414 g/mol. The van der Waals surface area contributed by atoms with Gasteiger partial charge in [-0.25, -0.2) is 0 Å². The number of hydrogen-bond acceptors (Lipinski definition) is 1. The van der Waals surface area contributed by atoms with Gasteiger partial charge in [-0.2, -0.15) is 0 Å². The molecule has 0 unspecified atom stereocenters. The molecule has 0 aliphatic carbocycles. The van der Waals surface area contributed by atoms with Crippen molar-refractivity contribution < 1.29 is 0 Å². The highest BCUT2D eigenvalue weighted by Crippen LogP contribution is 2.30. The molecule has 1 aliphatic rings. The Kier molecular flexibility index (Phi) is 4.21. The summed E-state index contributed by atoms with van der Waals surface area (Å²) in [5.41, 5.74) is 6.06. The first-order valence-electron chi connectivity index (χ1n) is 11.7. The van der Waals surface area contributed by atoms with Crippen LogP contribution in [0.2, 0.25) is 0 Å². The van der Waals surface area contributed by atoms with Crippen LogP contribution in [-0.2, 0) is 0 Å². The van der Waals surface area contributed by atoms with E-state index in [1.807, 2.05) is 0 Å². The lowest BCUT2D eigenvalue weighted by atomic mass is 10.0. The zero-order valence-electron chi connectivity index (χ0n) is 18.6. The molecule has 0 atom stereocenters. The number of allylic oxidation sites excluding steroid dienone is 2. The molecule has 0 spiro atoms. The van der Waals surface area contributed by atoms with E-state index < -0.39 is 0 Å². The lowest BCUT2D eigenvalue weighted by molar-refractivity contribution is 0.909. The first-order chi connectivity index (χ1) is 16.8. The molecule has 34 heavy (non-hydrogen) atoms. The third-order valence-electron chi connectivity index (χ3n) is 6.82. The van der Waals surface area contributed by atoms with Crippen molar-refractivity contribution in [1.82, 2.24) is 14.5 Å². The van der Waals surface area contributed by atoms with E-state index in [4.69, 9.17) is 0 Å². The van der Waals surface area contributed by atoms with Gasteiger partial charge in [0.25, 0.3) is 0 Å². The van der Waals surface area contributed by atoms with Gasteiger partial charge in [-0.1, -0.05) is 60.7 Å². The molecule has 0 radical (unpaired) electrons. The summed E-state index contributed by atoms with van der Waals surface area (Å²) in [5, 5.41) is 8.54. The third kappa shape index (κ3) is 2.98. The number of dihydropyridines is 1. The first-order valence-corrected chi connectivity index (χ1v) is 11.7. The van der Waals surface area contributed by atoms with Gasteiger partial charge in [-0.05, 0) is 70.4 Å². The summed E-state index contributed by atoms with van der Waals surface area (Å²) in [7, 11) is 0. The molecule has 0 fully saturated rings. The highest BCUT2D eigenvalue weighted by molar-refractivity contribution is 6.07. The number of hydrogen-bond donors (Lipinski definition) is 1. The lowest BCUT2D eigenvalue weighted by Gasteiger charge is -2.14. The fourth-order valence-electron chi connectivity index (χ4n) is 5.09. The van der Waals surface area contributed by atoms with Crippen LogP contribution in [0.5, 0.6) is 0 Å². The standard InChI is InChI=1S/C31H23N3/c1-2-6-27-23(5-1)10-15-30-28(27)17-20-33(30)26-12-8-22(9-13-26)24-11-14-29-25(21-24)16-19-34(29)31-7-3-4-18-32-31/h1-17,19-21,32H,18H2. The Hall–Kier alpha value is -4.50. The third-order valence-corrected chi connectivity index (χ3v) is 6.82. The minimum Gasteiger partial charge on any atom is -0.368 e. The van der Waals surface area contributed by atoms with Crippen LogP contribution in [-0.4, -0.2) is 15.7 Å². The number of aromatic nitrogens is 2. The van der Waals surface area contributed by atoms with E-state index in [1.54, 1.807) is 0 Å². The van der Waals surface area contributed by atoms with E-state index in [2.05, 4.69) is 136 Å². The van der Waals surface area contributed by atoms with Gasteiger partial charge in [-0.3, -0.25) is 0 Å². The Morgan fingerprint density at radius 2 is 1.44 bits per heavy atom. The SMILES string of the molecule is C1=CCNC(n2ccc3cc(-c4ccc(-n5ccc6c7ccccc7ccc65)cc4)ccc32)=C1. The molecule has 0 saturated heterocycles. The van der Waals surface area contributed by atoms with Gasteiger partial charge in [0.15, 0.2) is 0 Å². The highest BCUT2D eigenvalue weighted by atomic mass is 15.1. The van der Waals surface area contributed by atoms with Crippen LogP contribution in [0.25, 0.3) is 55.2 Å². The zero-order chi connectivity index (χ0) is 22.5. The van der Waals surface area contributed by atoms with Crippen LogP contribution < -0.4 is 5.32 Å². The second-order valence-corrected chi connectivity index (χ2v) is 8.77. The van der Waals surface area contributed by atoms with E-state index in [1.165, 1.54) is 49.4 Å². The van der Waals surface area contributed by atoms with Gasteiger partial charge in [0.1, 0.15) is 5.82 Å². The summed E-state index contributed by atoms with van der Waals surface area (Å²) < 4.78 is 4.49. The fraction of sp³-hybridized carbons (Fsp3) is 0.0323. The van der Waals surface area contributed by atoms with Gasteiger partial charge in [0, 0.05) is 35.4 Å². The Labute approximate surface area is 197 Å². The predicted octanol–water partition coefficient (Wildman–Crippen LogP) is 7.36. The van der Waals surface area contributed by atoms with Crippen LogP contribution in [0.3, 0.4) is 0 Å². The monoisotopic (exact) mass is 437 g/mol. The van der Waals surface area contributed by atoms with Crippen molar-refractivity contribution in [2.75, 3.05) is 6.54 Å². The largest absolute Gasteiger partial charge is 0.368 e. The van der Waals surface area contributed by atoms with Gasteiger partial charge >= 0.3 is 0 Å². The second kappa shape index (κ2) is 7.53. The summed E-state index contributed by atoms with van der Waals surface area (Å²) in [6.07, 6.45) is 10.6. The molecule has 7 rings (SSSR count). The molecule has 3 heteroatoms. The second-order valence-electron chi connectivity index (χ2n) is 8.77. The molecule has 3 nitrogen and oxygen atoms in total. The van der Waals surface area contributed by atoms with Gasteiger partial charge in [0.2, 0.25) is 0 Å². The van der Waals surface area contributed by atoms with Crippen molar-refractivity contribution in [3.05, 3.63) is 122 Å². The van der Waals surface area contributed by atoms with E-state index in [-0.39, 0.29) is 0 Å². The van der Waals surface area contributed by atoms with Gasteiger partial charge < -0.3 is 14.5 Å². The molecular formula is C31H23N3. The summed E-state index contributed by atoms with van der Waals surface area (Å²) in [6, 6.07) is 33.0. The smallest absolute Gasteiger partial charge is 0.110 e. The van der Waals surface area contributed by atoms with Crippen LogP contribution >= 0.6 is 0 Å². The number of nitrogens with one attached hydrogen (secondary N) is 1. The Morgan fingerprint density at radius 3 is 2.32 bits per heavy atom. The van der Waals surface area contributed by atoms with E-state index in [9.17, 15) is 0 Å². The Bertz CT molecular complexity index is 1740. The van der Waals surface area contributed by atoms with Crippen molar-refractivity contribution in [3.8, 4) is 16.8 Å². The lowest BCUT2D eigenvalue weighted by Crippen LogP contribution is -2.18. The van der Waals surface area contributed by atoms with Crippen LogP contribution in [0, 0.1) is 0 Å². The Morgan fingerprint density at radius 1 is 0.618 bits per heavy atom. The van der Waals surface area contributed by atoms with E-state index in [0.29, 0.717) is 0 Å². The topological polar surface area (TPSA) is 21.9 Å². The fourth-order valence-corrected chi connectivity index (χ4v) is 5.09. The maximum atomic E-state index is 3.44. The molecule has 0 amide bonds. The minimum atomic E-state index is 0.864. The summed E-state index contributed by atoms with van der Waals surface area (Å²) in [6.45, 7) is 0.864. The van der Waals surface area contributed by atoms with Gasteiger partial charge in [0.05, 0.1) is 11.0 Å². The van der Waals surface area contributed by atoms with Crippen molar-refractivity contribution in [3.63, 3.8) is 0 Å². The molecule has 6 aromatic rings. The average molecular weight is 438 g/mol. The molecule has 0 bridgehead atoms. The summed E-state index contributed by atoms with van der Waals surface area (Å²) in [4.78, 5) is 0. The van der Waals surface area contributed by atoms with Crippen molar-refractivity contribution >= 4 is 38.4 Å². The first kappa shape index (κ1) is 19.0. The van der Waals surface area contributed by atoms with Crippen LogP contribution in [0.1, 0.15) is 0 Å². The zero-order valence-corrected chi connectivity index (χ0v) is 18.6. The highest BCUT2D eigenvalue weighted by Gasteiger charge is 2.09. The predicted molar refractivity (Wildman–Crippen MR) is 143 cm³/mol. The summed E-state index contributed by atoms with van der Waals surface area (Å²) >= 11 is 0. The number of benzene rings is 4. The van der Waals surface area contributed by atoms with Crippen molar-refractivity contribution in [2.45, 2.75) is 0 Å². The molecule has 2 aromatic heterocycles. The maximum Gasteiger partial charge on any atom is 0.110 e.